The van der Waals surface area contributed by atoms with E-state index in [0.29, 0.717) is 12.1 Å². The molecule has 1 aliphatic heterocycles. The summed E-state index contributed by atoms with van der Waals surface area (Å²) in [5, 5.41) is 5.07. The molecular weight excluding hydrogens is 358 g/mol. The van der Waals surface area contributed by atoms with Crippen LogP contribution in [-0.2, 0) is 11.2 Å². The second-order valence-electron chi connectivity index (χ2n) is 6.44. The zero-order valence-electron chi connectivity index (χ0n) is 14.9. The highest BCUT2D eigenvalue weighted by Crippen LogP contribution is 2.40. The molecule has 0 saturated carbocycles. The van der Waals surface area contributed by atoms with E-state index >= 15 is 0 Å². The first kappa shape index (κ1) is 17.4. The van der Waals surface area contributed by atoms with Gasteiger partial charge in [-0.3, -0.25) is 14.6 Å². The Hall–Kier alpha value is -2.99. The third kappa shape index (κ3) is 3.36. The number of hydrogen-bond donors (Lipinski definition) is 1. The van der Waals surface area contributed by atoms with Gasteiger partial charge in [-0.15, -0.1) is 11.3 Å². The van der Waals surface area contributed by atoms with E-state index in [-0.39, 0.29) is 17.9 Å². The van der Waals surface area contributed by atoms with Crippen LogP contribution in [0.1, 0.15) is 39.3 Å². The lowest BCUT2D eigenvalue weighted by atomic mass is 9.92. The Bertz CT molecular complexity index is 984. The smallest absolute Gasteiger partial charge is 0.255 e. The fraction of sp³-hybridized carbons (Fsp3) is 0.190. The Morgan fingerprint density at radius 2 is 1.89 bits per heavy atom. The van der Waals surface area contributed by atoms with Gasteiger partial charge in [-0.1, -0.05) is 18.2 Å². The highest BCUT2D eigenvalue weighted by molar-refractivity contribution is 7.10. The van der Waals surface area contributed by atoms with Crippen LogP contribution < -0.4 is 5.32 Å². The van der Waals surface area contributed by atoms with Crippen molar-refractivity contribution in [3.8, 4) is 0 Å². The number of thiophene rings is 1. The minimum atomic E-state index is -0.194. The van der Waals surface area contributed by atoms with E-state index in [2.05, 4.69) is 21.7 Å². The number of anilines is 1. The first-order chi connectivity index (χ1) is 13.1. The third-order valence-electron chi connectivity index (χ3n) is 4.82. The molecule has 0 bridgehead atoms. The maximum absolute atomic E-state index is 12.6. The maximum Gasteiger partial charge on any atom is 0.255 e. The molecule has 3 heterocycles. The molecule has 0 fully saturated rings. The van der Waals surface area contributed by atoms with Gasteiger partial charge in [0.2, 0.25) is 5.91 Å². The molecule has 0 unspecified atom stereocenters. The minimum Gasteiger partial charge on any atom is -0.331 e. The van der Waals surface area contributed by atoms with E-state index in [1.165, 1.54) is 4.88 Å². The molecule has 2 aromatic heterocycles. The molecule has 136 valence electrons. The van der Waals surface area contributed by atoms with Crippen LogP contribution in [0, 0.1) is 0 Å². The lowest BCUT2D eigenvalue weighted by molar-refractivity contribution is -0.130. The summed E-state index contributed by atoms with van der Waals surface area (Å²) < 4.78 is 0. The second kappa shape index (κ2) is 7.32. The number of pyridine rings is 1. The normalized spacial score (nSPS) is 15.9. The summed E-state index contributed by atoms with van der Waals surface area (Å²) in [7, 11) is 0. The Morgan fingerprint density at radius 3 is 2.67 bits per heavy atom. The Morgan fingerprint density at radius 1 is 1.11 bits per heavy atom. The van der Waals surface area contributed by atoms with Crippen molar-refractivity contribution in [2.75, 3.05) is 11.9 Å². The number of amides is 2. The van der Waals surface area contributed by atoms with Gasteiger partial charge in [0.05, 0.1) is 6.04 Å². The summed E-state index contributed by atoms with van der Waals surface area (Å²) >= 11 is 1.72. The molecular formula is C21H19N3O2S. The van der Waals surface area contributed by atoms with Gasteiger partial charge in [0.1, 0.15) is 0 Å². The van der Waals surface area contributed by atoms with Crippen LogP contribution in [0.15, 0.2) is 60.2 Å². The highest BCUT2D eigenvalue weighted by Gasteiger charge is 2.32. The van der Waals surface area contributed by atoms with E-state index in [1.807, 2.05) is 29.2 Å². The van der Waals surface area contributed by atoms with Gasteiger partial charge in [0.15, 0.2) is 0 Å². The molecule has 0 spiro atoms. The third-order valence-corrected chi connectivity index (χ3v) is 5.81. The van der Waals surface area contributed by atoms with Crippen LogP contribution in [0.2, 0.25) is 0 Å². The molecule has 1 N–H and O–H groups in total. The van der Waals surface area contributed by atoms with Gasteiger partial charge in [0, 0.05) is 47.6 Å². The molecule has 27 heavy (non-hydrogen) atoms. The van der Waals surface area contributed by atoms with Crippen molar-refractivity contribution in [3.63, 3.8) is 0 Å². The molecule has 6 heteroatoms. The van der Waals surface area contributed by atoms with E-state index in [0.717, 1.165) is 23.2 Å². The number of rotatable bonds is 3. The average Bonchev–Trinajstić information content (AvgIpc) is 3.17. The van der Waals surface area contributed by atoms with E-state index < -0.39 is 0 Å². The minimum absolute atomic E-state index is 0.0344. The first-order valence-corrected chi connectivity index (χ1v) is 9.67. The van der Waals surface area contributed by atoms with Crippen LogP contribution in [0.5, 0.6) is 0 Å². The van der Waals surface area contributed by atoms with Gasteiger partial charge in [-0.05, 0) is 41.6 Å². The van der Waals surface area contributed by atoms with Crippen LogP contribution in [0.4, 0.5) is 5.69 Å². The van der Waals surface area contributed by atoms with Crippen molar-refractivity contribution in [3.05, 3.63) is 81.8 Å². The SMILES string of the molecule is CC(=O)N1CCc2sccc2[C@@H]1c1ccccc1NC(=O)c1ccncc1. The lowest BCUT2D eigenvalue weighted by Crippen LogP contribution is -2.39. The molecule has 1 atom stereocenters. The molecule has 4 rings (SSSR count). The number of para-hydroxylation sites is 1. The Kier molecular flexibility index (Phi) is 4.73. The van der Waals surface area contributed by atoms with E-state index in [4.69, 9.17) is 0 Å². The van der Waals surface area contributed by atoms with Crippen molar-refractivity contribution >= 4 is 28.8 Å². The molecule has 0 radical (unpaired) electrons. The Labute approximate surface area is 161 Å². The van der Waals surface area contributed by atoms with Crippen molar-refractivity contribution in [1.29, 1.82) is 0 Å². The van der Waals surface area contributed by atoms with Gasteiger partial charge in [-0.25, -0.2) is 0 Å². The zero-order valence-corrected chi connectivity index (χ0v) is 15.7. The van der Waals surface area contributed by atoms with Gasteiger partial charge in [0.25, 0.3) is 5.91 Å². The van der Waals surface area contributed by atoms with Crippen LogP contribution in [0.3, 0.4) is 0 Å². The standard InChI is InChI=1S/C21H19N3O2S/c1-14(25)24-12-8-19-17(9-13-27-19)20(24)16-4-2-3-5-18(16)23-21(26)15-6-10-22-11-7-15/h2-7,9-11,13,20H,8,12H2,1H3,(H,23,26)/t20-/m0/s1. The number of carbonyl (C=O) groups is 2. The second-order valence-corrected chi connectivity index (χ2v) is 7.44. The molecule has 0 saturated heterocycles. The molecule has 5 nitrogen and oxygen atoms in total. The highest BCUT2D eigenvalue weighted by atomic mass is 32.1. The van der Waals surface area contributed by atoms with Crippen molar-refractivity contribution in [2.45, 2.75) is 19.4 Å². The molecule has 2 amide bonds. The van der Waals surface area contributed by atoms with Gasteiger partial charge in [-0.2, -0.15) is 0 Å². The largest absolute Gasteiger partial charge is 0.331 e. The summed E-state index contributed by atoms with van der Waals surface area (Å²) in [5.74, 6) is -0.160. The van der Waals surface area contributed by atoms with Crippen molar-refractivity contribution in [2.24, 2.45) is 0 Å². The summed E-state index contributed by atoms with van der Waals surface area (Å²) in [6, 6.07) is 12.9. The number of nitrogens with zero attached hydrogens (tertiary/aromatic N) is 2. The predicted molar refractivity (Wildman–Crippen MR) is 106 cm³/mol. The lowest BCUT2D eigenvalue weighted by Gasteiger charge is -2.36. The number of hydrogen-bond acceptors (Lipinski definition) is 4. The number of carbonyl (C=O) groups excluding carboxylic acids is 2. The predicted octanol–water partition coefficient (Wildman–Crippen LogP) is 3.89. The van der Waals surface area contributed by atoms with Crippen molar-refractivity contribution in [1.82, 2.24) is 9.88 Å². The zero-order chi connectivity index (χ0) is 18.8. The summed E-state index contributed by atoms with van der Waals surface area (Å²) in [4.78, 5) is 32.1. The molecule has 1 aliphatic rings. The van der Waals surface area contributed by atoms with Crippen LogP contribution in [0.25, 0.3) is 0 Å². The average molecular weight is 377 g/mol. The molecule has 3 aromatic rings. The first-order valence-electron chi connectivity index (χ1n) is 8.79. The van der Waals surface area contributed by atoms with E-state index in [1.54, 1.807) is 42.8 Å². The molecule has 1 aromatic carbocycles. The van der Waals surface area contributed by atoms with Gasteiger partial charge >= 0.3 is 0 Å². The summed E-state index contributed by atoms with van der Waals surface area (Å²) in [5.41, 5.74) is 3.33. The number of nitrogens with one attached hydrogen (secondary N) is 1. The summed E-state index contributed by atoms with van der Waals surface area (Å²) in [6.45, 7) is 2.28. The van der Waals surface area contributed by atoms with Crippen molar-refractivity contribution < 1.29 is 9.59 Å². The van der Waals surface area contributed by atoms with Crippen LogP contribution >= 0.6 is 11.3 Å². The quantitative estimate of drug-likeness (QED) is 0.753. The number of benzene rings is 1. The van der Waals surface area contributed by atoms with E-state index in [9.17, 15) is 9.59 Å². The maximum atomic E-state index is 12.6. The fourth-order valence-corrected chi connectivity index (χ4v) is 4.44. The summed E-state index contributed by atoms with van der Waals surface area (Å²) in [6.07, 6.45) is 4.06. The monoisotopic (exact) mass is 377 g/mol. The van der Waals surface area contributed by atoms with Crippen LogP contribution in [-0.4, -0.2) is 28.2 Å². The number of fused-ring (bicyclic) bond motifs is 1. The molecule has 0 aliphatic carbocycles. The Balaban J connectivity index is 1.74. The topological polar surface area (TPSA) is 62.3 Å². The van der Waals surface area contributed by atoms with Gasteiger partial charge < -0.3 is 10.2 Å². The number of aromatic nitrogens is 1. The fourth-order valence-electron chi connectivity index (χ4n) is 3.54.